The van der Waals surface area contributed by atoms with E-state index in [1.165, 1.54) is 24.5 Å². The molecule has 0 radical (unpaired) electrons. The molecule has 1 rings (SSSR count). The van der Waals surface area contributed by atoms with Crippen molar-refractivity contribution >= 4 is 11.8 Å². The summed E-state index contributed by atoms with van der Waals surface area (Å²) in [6, 6.07) is 2.09. The molecule has 1 heterocycles. The molecule has 0 saturated carbocycles. The molecule has 2 nitrogen and oxygen atoms in total. The monoisotopic (exact) mass is 258 g/mol. The lowest BCUT2D eigenvalue weighted by molar-refractivity contribution is 0.0841. The van der Waals surface area contributed by atoms with E-state index in [4.69, 9.17) is 0 Å². The highest BCUT2D eigenvalue weighted by Gasteiger charge is 2.29. The number of nitrogens with one attached hydrogen (secondary N) is 1. The first-order valence-corrected chi connectivity index (χ1v) is 8.28. The second kappa shape index (κ2) is 7.65. The number of hydrogen-bond donors (Lipinski definition) is 1. The zero-order valence-corrected chi connectivity index (χ0v) is 13.0. The number of thioether (sulfide) groups is 1. The van der Waals surface area contributed by atoms with E-state index >= 15 is 0 Å². The quantitative estimate of drug-likeness (QED) is 0.738. The molecule has 17 heavy (non-hydrogen) atoms. The molecule has 3 unspecified atom stereocenters. The number of hydrogen-bond acceptors (Lipinski definition) is 3. The fraction of sp³-hybridized carbons (Fsp3) is 1.00. The van der Waals surface area contributed by atoms with Gasteiger partial charge in [0.05, 0.1) is 0 Å². The molecule has 3 atom stereocenters. The topological polar surface area (TPSA) is 15.3 Å². The molecule has 1 N–H and O–H groups in total. The van der Waals surface area contributed by atoms with Crippen LogP contribution < -0.4 is 5.32 Å². The maximum absolute atomic E-state index is 3.67. The van der Waals surface area contributed by atoms with E-state index in [1.807, 2.05) is 0 Å². The van der Waals surface area contributed by atoms with Gasteiger partial charge in [0.25, 0.3) is 0 Å². The fourth-order valence-electron chi connectivity index (χ4n) is 2.54. The Kier molecular flexibility index (Phi) is 6.90. The summed E-state index contributed by atoms with van der Waals surface area (Å²) in [5, 5.41) is 3.67. The first-order chi connectivity index (χ1) is 8.06. The third-order valence-corrected chi connectivity index (χ3v) is 4.84. The molecule has 1 saturated heterocycles. The molecular formula is C14H30N2S. The standard InChI is InChI=1S/C14H30N2S/c1-6-17-8-7-12(4)16-10-14(11(2)3)15-9-13(16)5/h11-15H,6-10H2,1-5H3. The molecule has 0 aromatic rings. The highest BCUT2D eigenvalue weighted by molar-refractivity contribution is 7.99. The van der Waals surface area contributed by atoms with Crippen molar-refractivity contribution in [2.75, 3.05) is 24.6 Å². The van der Waals surface area contributed by atoms with Crippen molar-refractivity contribution in [1.29, 1.82) is 0 Å². The average molecular weight is 258 g/mol. The van der Waals surface area contributed by atoms with Crippen LogP contribution in [0, 0.1) is 5.92 Å². The molecule has 3 heteroatoms. The lowest BCUT2D eigenvalue weighted by atomic mass is 9.98. The van der Waals surface area contributed by atoms with Crippen molar-refractivity contribution in [3.05, 3.63) is 0 Å². The van der Waals surface area contributed by atoms with Crippen LogP contribution in [0.5, 0.6) is 0 Å². The van der Waals surface area contributed by atoms with E-state index in [-0.39, 0.29) is 0 Å². The van der Waals surface area contributed by atoms with Crippen LogP contribution in [-0.4, -0.2) is 47.6 Å². The molecule has 0 amide bonds. The lowest BCUT2D eigenvalue weighted by Crippen LogP contribution is -2.59. The molecule has 0 spiro atoms. The minimum atomic E-state index is 0.674. The van der Waals surface area contributed by atoms with E-state index < -0.39 is 0 Å². The van der Waals surface area contributed by atoms with Crippen LogP contribution in [-0.2, 0) is 0 Å². The minimum absolute atomic E-state index is 0.674. The molecule has 0 aromatic carbocycles. The van der Waals surface area contributed by atoms with Gasteiger partial charge in [0.1, 0.15) is 0 Å². The molecule has 0 aromatic heterocycles. The fourth-order valence-corrected chi connectivity index (χ4v) is 3.33. The SMILES string of the molecule is CCSCCC(C)N1CC(C(C)C)NCC1C. The van der Waals surface area contributed by atoms with Crippen molar-refractivity contribution in [2.45, 2.75) is 59.2 Å². The van der Waals surface area contributed by atoms with Gasteiger partial charge in [-0.25, -0.2) is 0 Å². The highest BCUT2D eigenvalue weighted by atomic mass is 32.2. The third-order valence-electron chi connectivity index (χ3n) is 3.90. The van der Waals surface area contributed by atoms with Gasteiger partial charge in [0, 0.05) is 31.2 Å². The maximum atomic E-state index is 3.67. The maximum Gasteiger partial charge on any atom is 0.0218 e. The predicted octanol–water partition coefficient (Wildman–Crippen LogP) is 2.84. The molecule has 1 aliphatic rings. The molecule has 1 fully saturated rings. The summed E-state index contributed by atoms with van der Waals surface area (Å²) in [5.41, 5.74) is 0. The van der Waals surface area contributed by atoms with E-state index in [2.05, 4.69) is 56.6 Å². The van der Waals surface area contributed by atoms with Gasteiger partial charge in [-0.2, -0.15) is 11.8 Å². The Balaban J connectivity index is 2.42. The largest absolute Gasteiger partial charge is 0.311 e. The minimum Gasteiger partial charge on any atom is -0.311 e. The van der Waals surface area contributed by atoms with Crippen molar-refractivity contribution < 1.29 is 0 Å². The Hall–Kier alpha value is 0.270. The summed E-state index contributed by atoms with van der Waals surface area (Å²) < 4.78 is 0. The van der Waals surface area contributed by atoms with E-state index in [9.17, 15) is 0 Å². The van der Waals surface area contributed by atoms with Crippen LogP contribution in [0.2, 0.25) is 0 Å². The Morgan fingerprint density at radius 1 is 1.35 bits per heavy atom. The van der Waals surface area contributed by atoms with Crippen molar-refractivity contribution in [1.82, 2.24) is 10.2 Å². The third kappa shape index (κ3) is 4.80. The molecule has 102 valence electrons. The second-order valence-corrected chi connectivity index (χ2v) is 7.03. The number of piperazine rings is 1. The second-order valence-electron chi connectivity index (χ2n) is 5.64. The summed E-state index contributed by atoms with van der Waals surface area (Å²) in [6.07, 6.45) is 1.33. The van der Waals surface area contributed by atoms with Crippen LogP contribution >= 0.6 is 11.8 Å². The van der Waals surface area contributed by atoms with Gasteiger partial charge < -0.3 is 5.32 Å². The molecular weight excluding hydrogens is 228 g/mol. The predicted molar refractivity (Wildman–Crippen MR) is 79.9 cm³/mol. The van der Waals surface area contributed by atoms with Crippen molar-refractivity contribution in [3.8, 4) is 0 Å². The van der Waals surface area contributed by atoms with E-state index in [0.717, 1.165) is 18.5 Å². The van der Waals surface area contributed by atoms with Crippen LogP contribution in [0.1, 0.15) is 41.0 Å². The number of rotatable bonds is 6. The first-order valence-electron chi connectivity index (χ1n) is 7.13. The van der Waals surface area contributed by atoms with Crippen LogP contribution in [0.4, 0.5) is 0 Å². The van der Waals surface area contributed by atoms with E-state index in [0.29, 0.717) is 12.1 Å². The summed E-state index contributed by atoms with van der Waals surface area (Å²) in [7, 11) is 0. The van der Waals surface area contributed by atoms with Crippen LogP contribution in [0.3, 0.4) is 0 Å². The highest BCUT2D eigenvalue weighted by Crippen LogP contribution is 2.18. The Morgan fingerprint density at radius 2 is 2.06 bits per heavy atom. The first kappa shape index (κ1) is 15.3. The molecule has 0 bridgehead atoms. The van der Waals surface area contributed by atoms with Gasteiger partial charge in [-0.3, -0.25) is 4.90 Å². The van der Waals surface area contributed by atoms with Gasteiger partial charge in [-0.15, -0.1) is 0 Å². The normalized spacial score (nSPS) is 28.6. The number of nitrogens with zero attached hydrogens (tertiary/aromatic N) is 1. The van der Waals surface area contributed by atoms with Gasteiger partial charge in [0.2, 0.25) is 0 Å². The Bertz CT molecular complexity index is 208. The van der Waals surface area contributed by atoms with Gasteiger partial charge >= 0.3 is 0 Å². The smallest absolute Gasteiger partial charge is 0.0218 e. The van der Waals surface area contributed by atoms with E-state index in [1.54, 1.807) is 0 Å². The van der Waals surface area contributed by atoms with Crippen molar-refractivity contribution in [3.63, 3.8) is 0 Å². The molecule has 0 aliphatic carbocycles. The van der Waals surface area contributed by atoms with Gasteiger partial charge in [0.15, 0.2) is 0 Å². The Labute approximate surface area is 112 Å². The zero-order valence-electron chi connectivity index (χ0n) is 12.2. The van der Waals surface area contributed by atoms with Gasteiger partial charge in [-0.1, -0.05) is 20.8 Å². The summed E-state index contributed by atoms with van der Waals surface area (Å²) in [4.78, 5) is 2.71. The van der Waals surface area contributed by atoms with Crippen LogP contribution in [0.25, 0.3) is 0 Å². The summed E-state index contributed by atoms with van der Waals surface area (Å²) in [6.45, 7) is 14.0. The molecule has 1 aliphatic heterocycles. The average Bonchev–Trinajstić information content (AvgIpc) is 2.29. The van der Waals surface area contributed by atoms with Crippen molar-refractivity contribution in [2.24, 2.45) is 5.92 Å². The van der Waals surface area contributed by atoms with Crippen LogP contribution in [0.15, 0.2) is 0 Å². The van der Waals surface area contributed by atoms with Gasteiger partial charge in [-0.05, 0) is 37.7 Å². The lowest BCUT2D eigenvalue weighted by Gasteiger charge is -2.43. The summed E-state index contributed by atoms with van der Waals surface area (Å²) in [5.74, 6) is 3.29. The summed E-state index contributed by atoms with van der Waals surface area (Å²) >= 11 is 2.07. The Morgan fingerprint density at radius 3 is 2.65 bits per heavy atom. The zero-order chi connectivity index (χ0) is 12.8.